The van der Waals surface area contributed by atoms with Gasteiger partial charge in [0.1, 0.15) is 5.82 Å². The summed E-state index contributed by atoms with van der Waals surface area (Å²) >= 11 is 1.36. The number of rotatable bonds is 2. The molecule has 0 saturated carbocycles. The first-order chi connectivity index (χ1) is 8.47. The molecule has 1 amide bonds. The number of thiazole rings is 1. The molecule has 6 heteroatoms. The van der Waals surface area contributed by atoms with Crippen LogP contribution in [0, 0.1) is 12.7 Å². The number of carbonyl (C=O) groups excluding carboxylic acids is 1. The maximum absolute atomic E-state index is 13.8. The van der Waals surface area contributed by atoms with E-state index in [1.54, 1.807) is 6.07 Å². The number of hydrogen-bond donors (Lipinski definition) is 2. The summed E-state index contributed by atoms with van der Waals surface area (Å²) in [6, 6.07) is 4.56. The largest absolute Gasteiger partial charge is 0.375 e. The van der Waals surface area contributed by atoms with E-state index in [9.17, 15) is 9.18 Å². The lowest BCUT2D eigenvalue weighted by molar-refractivity contribution is -0.114. The van der Waals surface area contributed by atoms with E-state index in [2.05, 4.69) is 10.3 Å². The number of halogens is 1. The first kappa shape index (κ1) is 12.5. The van der Waals surface area contributed by atoms with E-state index in [-0.39, 0.29) is 11.6 Å². The van der Waals surface area contributed by atoms with Gasteiger partial charge in [-0.3, -0.25) is 4.79 Å². The Morgan fingerprint density at radius 3 is 2.72 bits per heavy atom. The van der Waals surface area contributed by atoms with Gasteiger partial charge < -0.3 is 11.1 Å². The predicted molar refractivity (Wildman–Crippen MR) is 71.0 cm³/mol. The smallest absolute Gasteiger partial charge is 0.221 e. The highest BCUT2D eigenvalue weighted by molar-refractivity contribution is 7.15. The Kier molecular flexibility index (Phi) is 3.29. The quantitative estimate of drug-likeness (QED) is 0.877. The van der Waals surface area contributed by atoms with Crippen molar-refractivity contribution in [1.29, 1.82) is 0 Å². The molecule has 4 nitrogen and oxygen atoms in total. The van der Waals surface area contributed by atoms with Gasteiger partial charge in [-0.1, -0.05) is 6.07 Å². The number of benzene rings is 1. The molecule has 18 heavy (non-hydrogen) atoms. The van der Waals surface area contributed by atoms with Crippen molar-refractivity contribution in [2.75, 3.05) is 11.1 Å². The van der Waals surface area contributed by atoms with Gasteiger partial charge in [0.05, 0.1) is 11.4 Å². The molecule has 0 aliphatic carbocycles. The molecule has 0 saturated heterocycles. The summed E-state index contributed by atoms with van der Waals surface area (Å²) in [7, 11) is 0. The second-order valence-electron chi connectivity index (χ2n) is 3.83. The zero-order chi connectivity index (χ0) is 13.3. The van der Waals surface area contributed by atoms with Gasteiger partial charge in [-0.15, -0.1) is 11.3 Å². The van der Waals surface area contributed by atoms with Gasteiger partial charge in [0.2, 0.25) is 5.91 Å². The lowest BCUT2D eigenvalue weighted by atomic mass is 10.1. The standard InChI is InChI=1S/C12H12FN3OS/c1-6-11(16-12(14)18-6)8-3-4-10(9(13)5-8)15-7(2)17/h3-5H,1-2H3,(H2,14,16)(H,15,17). The Morgan fingerprint density at radius 1 is 1.50 bits per heavy atom. The van der Waals surface area contributed by atoms with Crippen LogP contribution in [0.5, 0.6) is 0 Å². The van der Waals surface area contributed by atoms with E-state index >= 15 is 0 Å². The molecular formula is C12H12FN3OS. The van der Waals surface area contributed by atoms with Crippen LogP contribution in [-0.2, 0) is 4.79 Å². The summed E-state index contributed by atoms with van der Waals surface area (Å²) < 4.78 is 13.8. The zero-order valence-electron chi connectivity index (χ0n) is 9.95. The van der Waals surface area contributed by atoms with Crippen LogP contribution in [0.2, 0.25) is 0 Å². The van der Waals surface area contributed by atoms with Crippen molar-refractivity contribution in [2.24, 2.45) is 0 Å². The van der Waals surface area contributed by atoms with Crippen LogP contribution in [0.3, 0.4) is 0 Å². The Hall–Kier alpha value is -1.95. The first-order valence-corrected chi connectivity index (χ1v) is 6.09. The maximum Gasteiger partial charge on any atom is 0.221 e. The molecule has 1 heterocycles. The minimum absolute atomic E-state index is 0.159. The van der Waals surface area contributed by atoms with Crippen molar-refractivity contribution < 1.29 is 9.18 Å². The van der Waals surface area contributed by atoms with E-state index < -0.39 is 5.82 Å². The fraction of sp³-hybridized carbons (Fsp3) is 0.167. The number of aromatic nitrogens is 1. The van der Waals surface area contributed by atoms with Crippen LogP contribution in [0.1, 0.15) is 11.8 Å². The average Bonchev–Trinajstić information content (AvgIpc) is 2.60. The third-order valence-electron chi connectivity index (χ3n) is 2.37. The van der Waals surface area contributed by atoms with Crippen LogP contribution < -0.4 is 11.1 Å². The summed E-state index contributed by atoms with van der Waals surface area (Å²) in [6.45, 7) is 3.21. The second-order valence-corrected chi connectivity index (χ2v) is 5.07. The minimum atomic E-state index is -0.492. The molecule has 1 aromatic heterocycles. The number of carbonyl (C=O) groups is 1. The summed E-state index contributed by atoms with van der Waals surface area (Å²) in [5.41, 5.74) is 7.08. The number of nitrogens with zero attached hydrogens (tertiary/aromatic N) is 1. The molecule has 0 unspecified atom stereocenters. The summed E-state index contributed by atoms with van der Waals surface area (Å²) in [6.07, 6.45) is 0. The third kappa shape index (κ3) is 2.48. The third-order valence-corrected chi connectivity index (χ3v) is 3.17. The number of nitrogen functional groups attached to an aromatic ring is 1. The van der Waals surface area contributed by atoms with Gasteiger partial charge in [-0.2, -0.15) is 0 Å². The van der Waals surface area contributed by atoms with E-state index in [1.165, 1.54) is 30.4 Å². The van der Waals surface area contributed by atoms with E-state index in [0.29, 0.717) is 16.4 Å². The molecule has 0 fully saturated rings. The molecule has 94 valence electrons. The SMILES string of the molecule is CC(=O)Nc1ccc(-c2nc(N)sc2C)cc1F. The van der Waals surface area contributed by atoms with Crippen molar-refractivity contribution in [3.8, 4) is 11.3 Å². The van der Waals surface area contributed by atoms with Crippen molar-refractivity contribution in [3.63, 3.8) is 0 Å². The lowest BCUT2D eigenvalue weighted by Gasteiger charge is -2.05. The monoisotopic (exact) mass is 265 g/mol. The molecule has 0 aliphatic heterocycles. The van der Waals surface area contributed by atoms with E-state index in [0.717, 1.165) is 4.88 Å². The summed E-state index contributed by atoms with van der Waals surface area (Å²) in [5.74, 6) is -0.801. The predicted octanol–water partition coefficient (Wildman–Crippen LogP) is 2.80. The van der Waals surface area contributed by atoms with E-state index in [1.807, 2.05) is 6.92 Å². The zero-order valence-corrected chi connectivity index (χ0v) is 10.8. The summed E-state index contributed by atoms with van der Waals surface area (Å²) in [4.78, 5) is 16.0. The van der Waals surface area contributed by atoms with Crippen LogP contribution in [-0.4, -0.2) is 10.9 Å². The minimum Gasteiger partial charge on any atom is -0.375 e. The molecule has 0 atom stereocenters. The molecule has 0 bridgehead atoms. The van der Waals surface area contributed by atoms with Crippen molar-refractivity contribution in [2.45, 2.75) is 13.8 Å². The molecule has 2 rings (SSSR count). The normalized spacial score (nSPS) is 10.4. The van der Waals surface area contributed by atoms with Crippen molar-refractivity contribution >= 4 is 28.1 Å². The van der Waals surface area contributed by atoms with Gasteiger partial charge in [-0.25, -0.2) is 9.37 Å². The molecule has 1 aromatic carbocycles. The molecule has 2 aromatic rings. The topological polar surface area (TPSA) is 68.0 Å². The van der Waals surface area contributed by atoms with Gasteiger partial charge in [0.15, 0.2) is 5.13 Å². The fourth-order valence-corrected chi connectivity index (χ4v) is 2.35. The number of nitrogens with two attached hydrogens (primary N) is 1. The van der Waals surface area contributed by atoms with Crippen LogP contribution >= 0.6 is 11.3 Å². The molecule has 3 N–H and O–H groups in total. The van der Waals surface area contributed by atoms with Crippen molar-refractivity contribution in [3.05, 3.63) is 28.9 Å². The van der Waals surface area contributed by atoms with Crippen molar-refractivity contribution in [1.82, 2.24) is 4.98 Å². The number of nitrogens with one attached hydrogen (secondary N) is 1. The Labute approximate surface area is 108 Å². The number of hydrogen-bond acceptors (Lipinski definition) is 4. The number of anilines is 2. The van der Waals surface area contributed by atoms with Gasteiger partial charge in [-0.05, 0) is 19.1 Å². The highest BCUT2D eigenvalue weighted by atomic mass is 32.1. The number of amides is 1. The Morgan fingerprint density at radius 2 is 2.22 bits per heavy atom. The molecule has 0 spiro atoms. The van der Waals surface area contributed by atoms with Crippen LogP contribution in [0.4, 0.5) is 15.2 Å². The lowest BCUT2D eigenvalue weighted by Crippen LogP contribution is -2.07. The van der Waals surface area contributed by atoms with Gasteiger partial charge >= 0.3 is 0 Å². The van der Waals surface area contributed by atoms with Crippen LogP contribution in [0.15, 0.2) is 18.2 Å². The first-order valence-electron chi connectivity index (χ1n) is 5.28. The molecular weight excluding hydrogens is 253 g/mol. The Bertz CT molecular complexity index is 609. The van der Waals surface area contributed by atoms with Crippen LogP contribution in [0.25, 0.3) is 11.3 Å². The molecule has 0 aliphatic rings. The fourth-order valence-electron chi connectivity index (χ4n) is 1.64. The van der Waals surface area contributed by atoms with Gasteiger partial charge in [0.25, 0.3) is 0 Å². The van der Waals surface area contributed by atoms with E-state index in [4.69, 9.17) is 5.73 Å². The highest BCUT2D eigenvalue weighted by Crippen LogP contribution is 2.30. The number of aryl methyl sites for hydroxylation is 1. The highest BCUT2D eigenvalue weighted by Gasteiger charge is 2.11. The van der Waals surface area contributed by atoms with Gasteiger partial charge in [0, 0.05) is 17.4 Å². The Balaban J connectivity index is 2.40. The maximum atomic E-state index is 13.8. The summed E-state index contributed by atoms with van der Waals surface area (Å²) in [5, 5.41) is 2.87. The molecule has 0 radical (unpaired) electrons. The average molecular weight is 265 g/mol. The second kappa shape index (κ2) is 4.73.